The zero-order valence-corrected chi connectivity index (χ0v) is 17.0. The van der Waals surface area contributed by atoms with Gasteiger partial charge in [-0.2, -0.15) is 0 Å². The van der Waals surface area contributed by atoms with Crippen molar-refractivity contribution in [1.29, 1.82) is 0 Å². The number of nitrogens with zero attached hydrogens (tertiary/aromatic N) is 2. The third-order valence-electron chi connectivity index (χ3n) is 4.54. The molecule has 0 bridgehead atoms. The molecule has 1 saturated heterocycles. The van der Waals surface area contributed by atoms with Crippen molar-refractivity contribution in [2.45, 2.75) is 79.0 Å². The van der Waals surface area contributed by atoms with Crippen molar-refractivity contribution in [1.82, 2.24) is 9.80 Å². The molecule has 25 heavy (non-hydrogen) atoms. The number of rotatable bonds is 5. The van der Waals surface area contributed by atoms with Gasteiger partial charge in [0, 0.05) is 25.7 Å². The van der Waals surface area contributed by atoms with Crippen molar-refractivity contribution < 1.29 is 14.3 Å². The molecular formula is C19H37N3O3. The Hall–Kier alpha value is -1.30. The molecule has 2 N–H and O–H groups in total. The number of hydrogen-bond acceptors (Lipinski definition) is 4. The first-order chi connectivity index (χ1) is 11.4. The van der Waals surface area contributed by atoms with E-state index in [9.17, 15) is 9.59 Å². The maximum absolute atomic E-state index is 12.5. The predicted molar refractivity (Wildman–Crippen MR) is 100 cm³/mol. The fraction of sp³-hybridized carbons (Fsp3) is 0.895. The summed E-state index contributed by atoms with van der Waals surface area (Å²) >= 11 is 0. The summed E-state index contributed by atoms with van der Waals surface area (Å²) in [5.41, 5.74) is 5.52. The van der Waals surface area contributed by atoms with E-state index in [-0.39, 0.29) is 29.9 Å². The van der Waals surface area contributed by atoms with Crippen molar-refractivity contribution in [2.75, 3.05) is 19.6 Å². The van der Waals surface area contributed by atoms with Gasteiger partial charge >= 0.3 is 6.09 Å². The molecule has 1 rings (SSSR count). The molecule has 0 radical (unpaired) electrons. The molecule has 1 aliphatic heterocycles. The zero-order chi connectivity index (χ0) is 19.4. The maximum Gasteiger partial charge on any atom is 0.410 e. The molecular weight excluding hydrogens is 318 g/mol. The van der Waals surface area contributed by atoms with Gasteiger partial charge in [0.15, 0.2) is 0 Å². The molecule has 0 aromatic carbocycles. The van der Waals surface area contributed by atoms with Crippen molar-refractivity contribution in [2.24, 2.45) is 17.6 Å². The van der Waals surface area contributed by atoms with Gasteiger partial charge in [0.2, 0.25) is 5.91 Å². The van der Waals surface area contributed by atoms with Crippen LogP contribution in [0.25, 0.3) is 0 Å². The van der Waals surface area contributed by atoms with Crippen LogP contribution in [0.3, 0.4) is 0 Å². The Balaban J connectivity index is 2.72. The Morgan fingerprint density at radius 2 is 1.84 bits per heavy atom. The van der Waals surface area contributed by atoms with Crippen LogP contribution in [0.15, 0.2) is 0 Å². The van der Waals surface area contributed by atoms with E-state index in [4.69, 9.17) is 10.5 Å². The van der Waals surface area contributed by atoms with Gasteiger partial charge in [0.05, 0.1) is 6.04 Å². The lowest BCUT2D eigenvalue weighted by Gasteiger charge is -2.38. The highest BCUT2D eigenvalue weighted by molar-refractivity contribution is 5.82. The Kier molecular flexibility index (Phi) is 7.72. The molecule has 1 aliphatic rings. The minimum Gasteiger partial charge on any atom is -0.444 e. The van der Waals surface area contributed by atoms with Crippen LogP contribution >= 0.6 is 0 Å². The molecule has 1 unspecified atom stereocenters. The van der Waals surface area contributed by atoms with Gasteiger partial charge in [-0.3, -0.25) is 4.79 Å². The summed E-state index contributed by atoms with van der Waals surface area (Å²) in [4.78, 5) is 28.6. The van der Waals surface area contributed by atoms with Crippen LogP contribution < -0.4 is 5.73 Å². The highest BCUT2D eigenvalue weighted by Gasteiger charge is 2.32. The lowest BCUT2D eigenvalue weighted by Crippen LogP contribution is -2.52. The Labute approximate surface area is 153 Å². The Morgan fingerprint density at radius 3 is 2.32 bits per heavy atom. The molecule has 1 heterocycles. The van der Waals surface area contributed by atoms with Gasteiger partial charge in [-0.25, -0.2) is 4.79 Å². The summed E-state index contributed by atoms with van der Waals surface area (Å²) in [5.74, 6) is 0.404. The molecule has 0 spiro atoms. The average Bonchev–Trinajstić information content (AvgIpc) is 2.49. The van der Waals surface area contributed by atoms with E-state index < -0.39 is 11.6 Å². The van der Waals surface area contributed by atoms with E-state index in [1.165, 1.54) is 0 Å². The zero-order valence-electron chi connectivity index (χ0n) is 17.0. The SMILES string of the molecule is CC(C)[C@H](N)C(=O)N1CCCC(CN(C(=O)OC(C)(C)C)C(C)C)C1. The summed E-state index contributed by atoms with van der Waals surface area (Å²) < 4.78 is 5.53. The molecule has 0 aromatic heterocycles. The van der Waals surface area contributed by atoms with Crippen molar-refractivity contribution in [3.63, 3.8) is 0 Å². The fourth-order valence-electron chi connectivity index (χ4n) is 3.01. The largest absolute Gasteiger partial charge is 0.444 e. The molecule has 0 saturated carbocycles. The van der Waals surface area contributed by atoms with Gasteiger partial charge in [0.1, 0.15) is 5.60 Å². The number of amides is 2. The van der Waals surface area contributed by atoms with Gasteiger partial charge in [-0.05, 0) is 59.3 Å². The lowest BCUT2D eigenvalue weighted by atomic mass is 9.95. The minimum atomic E-state index is -0.511. The number of ether oxygens (including phenoxy) is 1. The molecule has 146 valence electrons. The number of hydrogen-bond donors (Lipinski definition) is 1. The highest BCUT2D eigenvalue weighted by Crippen LogP contribution is 2.21. The van der Waals surface area contributed by atoms with Gasteiger partial charge in [-0.1, -0.05) is 13.8 Å². The van der Waals surface area contributed by atoms with E-state index in [2.05, 4.69) is 0 Å². The van der Waals surface area contributed by atoms with Crippen molar-refractivity contribution in [3.05, 3.63) is 0 Å². The van der Waals surface area contributed by atoms with Crippen LogP contribution in [0.2, 0.25) is 0 Å². The second kappa shape index (κ2) is 8.88. The molecule has 6 heteroatoms. The van der Waals surface area contributed by atoms with Gasteiger partial charge in [0.25, 0.3) is 0 Å². The van der Waals surface area contributed by atoms with Crippen LogP contribution in [0.4, 0.5) is 4.79 Å². The summed E-state index contributed by atoms with van der Waals surface area (Å²) in [6, 6.07) is -0.398. The molecule has 2 amide bonds. The molecule has 1 fully saturated rings. The Bertz CT molecular complexity index is 457. The monoisotopic (exact) mass is 355 g/mol. The second-order valence-corrected chi connectivity index (χ2v) is 8.79. The molecule has 6 nitrogen and oxygen atoms in total. The topological polar surface area (TPSA) is 75.9 Å². The first-order valence-electron chi connectivity index (χ1n) is 9.46. The van der Waals surface area contributed by atoms with Crippen LogP contribution in [0.1, 0.15) is 61.3 Å². The third kappa shape index (κ3) is 6.84. The third-order valence-corrected chi connectivity index (χ3v) is 4.54. The molecule has 0 aromatic rings. The molecule has 0 aliphatic carbocycles. The van der Waals surface area contributed by atoms with E-state index in [0.29, 0.717) is 13.1 Å². The van der Waals surface area contributed by atoms with Crippen molar-refractivity contribution >= 4 is 12.0 Å². The number of carbonyl (C=O) groups excluding carboxylic acids is 2. The van der Waals surface area contributed by atoms with E-state index in [1.54, 1.807) is 4.90 Å². The van der Waals surface area contributed by atoms with E-state index in [0.717, 1.165) is 19.4 Å². The quantitative estimate of drug-likeness (QED) is 0.823. The molecule has 2 atom stereocenters. The minimum absolute atomic E-state index is 0.0214. The standard InChI is InChI=1S/C19H37N3O3/c1-13(2)16(20)17(23)21-10-8-9-15(11-21)12-22(14(3)4)18(24)25-19(5,6)7/h13-16H,8-12,20H2,1-7H3/t15?,16-/m0/s1. The van der Waals surface area contributed by atoms with E-state index >= 15 is 0 Å². The Morgan fingerprint density at radius 1 is 1.24 bits per heavy atom. The smallest absolute Gasteiger partial charge is 0.410 e. The van der Waals surface area contributed by atoms with E-state index in [1.807, 2.05) is 53.4 Å². The number of nitrogens with two attached hydrogens (primary N) is 1. The van der Waals surface area contributed by atoms with Gasteiger partial charge < -0.3 is 20.3 Å². The van der Waals surface area contributed by atoms with Crippen LogP contribution in [-0.4, -0.2) is 59.1 Å². The van der Waals surface area contributed by atoms with Crippen LogP contribution in [0.5, 0.6) is 0 Å². The lowest BCUT2D eigenvalue weighted by molar-refractivity contribution is -0.135. The first kappa shape index (κ1) is 21.7. The maximum atomic E-state index is 12.5. The first-order valence-corrected chi connectivity index (χ1v) is 9.46. The van der Waals surface area contributed by atoms with Crippen LogP contribution in [-0.2, 0) is 9.53 Å². The average molecular weight is 356 g/mol. The summed E-state index contributed by atoms with van der Waals surface area (Å²) in [6.07, 6.45) is 1.67. The highest BCUT2D eigenvalue weighted by atomic mass is 16.6. The number of piperidine rings is 1. The normalized spacial score (nSPS) is 19.9. The fourth-order valence-corrected chi connectivity index (χ4v) is 3.01. The predicted octanol–water partition coefficient (Wildman–Crippen LogP) is 2.85. The number of likely N-dealkylation sites (tertiary alicyclic amines) is 1. The summed E-state index contributed by atoms with van der Waals surface area (Å²) in [6.45, 7) is 15.5. The van der Waals surface area contributed by atoms with Crippen LogP contribution in [0, 0.1) is 11.8 Å². The second-order valence-electron chi connectivity index (χ2n) is 8.79. The summed E-state index contributed by atoms with van der Waals surface area (Å²) in [5, 5.41) is 0. The number of carbonyl (C=O) groups is 2. The van der Waals surface area contributed by atoms with Crippen molar-refractivity contribution in [3.8, 4) is 0 Å². The summed E-state index contributed by atoms with van der Waals surface area (Å²) in [7, 11) is 0. The van der Waals surface area contributed by atoms with Gasteiger partial charge in [-0.15, -0.1) is 0 Å².